The van der Waals surface area contributed by atoms with E-state index >= 15 is 0 Å². The molecule has 0 atom stereocenters. The van der Waals surface area contributed by atoms with Gasteiger partial charge in [0.05, 0.1) is 0 Å². The van der Waals surface area contributed by atoms with Gasteiger partial charge in [-0.05, 0) is 41.4 Å². The Bertz CT molecular complexity index is 2300. The Kier molecular flexibility index (Phi) is 5.32. The first-order valence-electron chi connectivity index (χ1n) is 16.2. The molecule has 0 spiro atoms. The number of hydrogen-bond acceptors (Lipinski definition) is 3. The summed E-state index contributed by atoms with van der Waals surface area (Å²) < 4.78 is 59.1. The molecular weight excluding hydrogens is 701 g/mol. The number of aryl methyl sites for hydroxylation is 1. The van der Waals surface area contributed by atoms with Gasteiger partial charge in [0.25, 0.3) is 11.4 Å². The van der Waals surface area contributed by atoms with Gasteiger partial charge in [0.2, 0.25) is 0 Å². The number of para-hydroxylation sites is 2. The molecular formula is C35H29N5OPt+2. The van der Waals surface area contributed by atoms with Crippen LogP contribution in [0.2, 0.25) is 0 Å². The molecule has 6 aromatic rings. The van der Waals surface area contributed by atoms with Crippen molar-refractivity contribution < 1.29 is 38.6 Å². The molecule has 0 unspecified atom stereocenters. The molecule has 4 heterocycles. The molecule has 3 aromatic carbocycles. The van der Waals surface area contributed by atoms with Crippen molar-refractivity contribution >= 4 is 44.9 Å². The molecule has 1 aliphatic rings. The van der Waals surface area contributed by atoms with Crippen LogP contribution in [-0.4, -0.2) is 32.1 Å². The average Bonchev–Trinajstić information content (AvgIpc) is 3.57. The SMILES string of the molecule is [2H]C([2H])([2H])c1ccnc(-n2c3[c-]c(Oc4[c-]c([N+]5=C=[N+](C([2H])([2H])[2H])c6ccccc65)cc(C(C)(C)C)c4)ccc3c3cnccc32)c1.[Pt+2]. The van der Waals surface area contributed by atoms with Crippen LogP contribution in [-0.2, 0) is 26.5 Å². The molecule has 0 saturated carbocycles. The normalized spacial score (nSPS) is 15.3. The van der Waals surface area contributed by atoms with Gasteiger partial charge in [-0.2, -0.15) is 6.07 Å². The van der Waals surface area contributed by atoms with Gasteiger partial charge in [0.1, 0.15) is 15.6 Å². The van der Waals surface area contributed by atoms with E-state index in [0.717, 1.165) is 26.4 Å². The van der Waals surface area contributed by atoms with Gasteiger partial charge in [-0.1, -0.05) is 59.7 Å². The first-order chi connectivity index (χ1) is 22.2. The number of fused-ring (bicyclic) bond motifs is 4. The number of pyridine rings is 2. The molecule has 0 saturated heterocycles. The van der Waals surface area contributed by atoms with Crippen molar-refractivity contribution in [1.29, 1.82) is 0 Å². The Labute approximate surface area is 268 Å². The first-order valence-corrected chi connectivity index (χ1v) is 13.2. The van der Waals surface area contributed by atoms with E-state index in [9.17, 15) is 0 Å². The number of rotatable bonds is 4. The first kappa shape index (κ1) is 21.3. The minimum absolute atomic E-state index is 0. The van der Waals surface area contributed by atoms with E-state index in [-0.39, 0.29) is 32.0 Å². The van der Waals surface area contributed by atoms with Crippen LogP contribution in [0.25, 0.3) is 27.6 Å². The molecule has 6 nitrogen and oxygen atoms in total. The molecule has 42 heavy (non-hydrogen) atoms. The van der Waals surface area contributed by atoms with Crippen molar-refractivity contribution in [2.45, 2.75) is 33.0 Å². The predicted molar refractivity (Wildman–Crippen MR) is 163 cm³/mol. The summed E-state index contributed by atoms with van der Waals surface area (Å²) in [5, 5.41) is 1.70. The van der Waals surface area contributed by atoms with E-state index in [1.54, 1.807) is 35.2 Å². The maximum Gasteiger partial charge on any atom is 2.00 e. The fourth-order valence-corrected chi connectivity index (χ4v) is 5.09. The molecule has 208 valence electrons. The van der Waals surface area contributed by atoms with Crippen molar-refractivity contribution in [3.63, 3.8) is 0 Å². The van der Waals surface area contributed by atoms with Crippen molar-refractivity contribution in [2.24, 2.45) is 0 Å². The van der Waals surface area contributed by atoms with Crippen molar-refractivity contribution in [3.05, 3.63) is 109 Å². The second-order valence-corrected chi connectivity index (χ2v) is 10.9. The standard InChI is InChI=1S/C35H29N5O.Pt/c1-23-12-15-37-34(16-23)40-30-13-14-36-21-29(30)28-11-10-26(20-33(28)40)41-27-18-24(35(2,3)4)17-25(19-27)39-22-38(5)31-8-6-7-9-32(31)39;/h6-18,21H,1-5H3;/q;+2/i1D3,5D3;. The molecule has 0 aliphatic carbocycles. The maximum absolute atomic E-state index is 8.07. The van der Waals surface area contributed by atoms with Crippen LogP contribution in [0.5, 0.6) is 11.5 Å². The minimum Gasteiger partial charge on any atom is -0.509 e. The number of aromatic nitrogens is 3. The third kappa shape index (κ3) is 4.77. The summed E-state index contributed by atoms with van der Waals surface area (Å²) in [7, 11) is 0. The topological polar surface area (TPSA) is 46.0 Å². The number of nitrogens with zero attached hydrogens (tertiary/aromatic N) is 5. The summed E-state index contributed by atoms with van der Waals surface area (Å²) in [6.07, 6.45) is 4.92. The third-order valence-corrected chi connectivity index (χ3v) is 7.15. The monoisotopic (exact) mass is 736 g/mol. The zero-order valence-corrected chi connectivity index (χ0v) is 25.3. The molecule has 7 heteroatoms. The second kappa shape index (κ2) is 10.5. The van der Waals surface area contributed by atoms with Crippen molar-refractivity contribution in [1.82, 2.24) is 19.1 Å². The van der Waals surface area contributed by atoms with Crippen LogP contribution >= 0.6 is 0 Å². The molecule has 0 amide bonds. The van der Waals surface area contributed by atoms with E-state index in [1.807, 2.05) is 47.0 Å². The number of ether oxygens (including phenoxy) is 1. The van der Waals surface area contributed by atoms with Gasteiger partial charge in [-0.15, -0.1) is 29.1 Å². The largest absolute Gasteiger partial charge is 2.00 e. The van der Waals surface area contributed by atoms with Crippen LogP contribution in [0.4, 0.5) is 17.1 Å². The van der Waals surface area contributed by atoms with Crippen molar-refractivity contribution in [3.8, 4) is 17.3 Å². The molecule has 7 rings (SSSR count). The maximum atomic E-state index is 8.07. The Balaban J connectivity index is 0.00000401. The summed E-state index contributed by atoms with van der Waals surface area (Å²) in [5.41, 5.74) is 4.01. The number of hydrogen-bond donors (Lipinski definition) is 0. The van der Waals surface area contributed by atoms with Crippen LogP contribution in [0.3, 0.4) is 0 Å². The van der Waals surface area contributed by atoms with Gasteiger partial charge < -0.3 is 9.30 Å². The van der Waals surface area contributed by atoms with E-state index in [0.29, 0.717) is 39.9 Å². The fourth-order valence-electron chi connectivity index (χ4n) is 5.09. The van der Waals surface area contributed by atoms with Crippen LogP contribution in [0.15, 0.2) is 85.3 Å². The minimum atomic E-state index is -2.43. The Morgan fingerprint density at radius 3 is 2.60 bits per heavy atom. The average molecular weight is 737 g/mol. The zero-order valence-electron chi connectivity index (χ0n) is 29.0. The van der Waals surface area contributed by atoms with E-state index in [2.05, 4.69) is 48.9 Å². The molecule has 1 aliphatic heterocycles. The summed E-state index contributed by atoms with van der Waals surface area (Å²) in [6.45, 7) is 1.53. The molecule has 0 radical (unpaired) electrons. The van der Waals surface area contributed by atoms with Gasteiger partial charge in [-0.25, -0.2) is 4.98 Å². The molecule has 0 N–H and O–H groups in total. The molecule has 0 bridgehead atoms. The summed E-state index contributed by atoms with van der Waals surface area (Å²) >= 11 is 0. The summed E-state index contributed by atoms with van der Waals surface area (Å²) in [4.78, 5) is 8.82. The second-order valence-electron chi connectivity index (χ2n) is 10.9. The van der Waals surface area contributed by atoms with Crippen LogP contribution in [0.1, 0.15) is 40.1 Å². The molecule has 3 aromatic heterocycles. The van der Waals surface area contributed by atoms with Gasteiger partial charge in [0.15, 0.2) is 6.98 Å². The fraction of sp³-hybridized carbons (Fsp3) is 0.171. The van der Waals surface area contributed by atoms with Gasteiger partial charge in [-0.3, -0.25) is 4.98 Å². The number of benzene rings is 3. The van der Waals surface area contributed by atoms with Crippen LogP contribution < -0.4 is 9.31 Å². The Morgan fingerprint density at radius 2 is 1.79 bits per heavy atom. The smallest absolute Gasteiger partial charge is 0.509 e. The summed E-state index contributed by atoms with van der Waals surface area (Å²) in [6, 6.07) is 29.5. The Hall–Kier alpha value is -4.37. The van der Waals surface area contributed by atoms with E-state index in [1.165, 1.54) is 12.3 Å². The molecule has 0 fully saturated rings. The third-order valence-electron chi connectivity index (χ3n) is 7.15. The van der Waals surface area contributed by atoms with E-state index in [4.69, 9.17) is 13.0 Å². The zero-order chi connectivity index (χ0) is 33.3. The van der Waals surface area contributed by atoms with Gasteiger partial charge in [0, 0.05) is 51.9 Å². The van der Waals surface area contributed by atoms with Gasteiger partial charge >= 0.3 is 27.1 Å². The van der Waals surface area contributed by atoms with Crippen LogP contribution in [0, 0.1) is 19.0 Å². The summed E-state index contributed by atoms with van der Waals surface area (Å²) in [5.74, 6) is 1.23. The Morgan fingerprint density at radius 1 is 0.929 bits per heavy atom. The predicted octanol–water partition coefficient (Wildman–Crippen LogP) is 7.87. The van der Waals surface area contributed by atoms with E-state index < -0.39 is 13.8 Å². The quantitative estimate of drug-likeness (QED) is 0.137. The van der Waals surface area contributed by atoms with Crippen molar-refractivity contribution in [2.75, 3.05) is 6.98 Å².